The number of halogens is 1. The topological polar surface area (TPSA) is 145 Å². The van der Waals surface area contributed by atoms with Crippen LogP contribution >= 0.6 is 23.4 Å². The molecular weight excluding hydrogens is 650 g/mol. The lowest BCUT2D eigenvalue weighted by molar-refractivity contribution is -0.116. The summed E-state index contributed by atoms with van der Waals surface area (Å²) in [6.45, 7) is 0. The van der Waals surface area contributed by atoms with Crippen LogP contribution in [0, 0.1) is 0 Å². The van der Waals surface area contributed by atoms with E-state index in [1.54, 1.807) is 84.9 Å². The number of phenols is 1. The molecule has 0 radical (unpaired) electrons. The quantitative estimate of drug-likeness (QED) is 0.0549. The molecule has 0 aliphatic carbocycles. The normalized spacial score (nSPS) is 11.6. The van der Waals surface area contributed by atoms with Crippen molar-refractivity contribution < 1.29 is 29.4 Å². The minimum atomic E-state index is -1.32. The van der Waals surface area contributed by atoms with E-state index in [0.717, 1.165) is 0 Å². The summed E-state index contributed by atoms with van der Waals surface area (Å²) in [4.78, 5) is 52.0. The highest BCUT2D eigenvalue weighted by molar-refractivity contribution is 8.00. The highest BCUT2D eigenvalue weighted by atomic mass is 35.5. The van der Waals surface area contributed by atoms with Crippen LogP contribution in [0.1, 0.15) is 37.1 Å². The van der Waals surface area contributed by atoms with Gasteiger partial charge in [-0.05, 0) is 83.9 Å². The number of aromatic hydroxyl groups is 1. The average Bonchev–Trinajstić information content (AvgIpc) is 3.10. The van der Waals surface area contributed by atoms with Crippen molar-refractivity contribution in [3.63, 3.8) is 0 Å². The number of carbonyl (C=O) groups excluding carboxylic acids is 3. The second kappa shape index (κ2) is 15.6. The molecule has 3 amide bonds. The molecule has 0 aliphatic heterocycles. The fourth-order valence-electron chi connectivity index (χ4n) is 4.51. The number of anilines is 2. The minimum Gasteiger partial charge on any atom is -0.507 e. The van der Waals surface area contributed by atoms with Gasteiger partial charge in [-0.2, -0.15) is 0 Å². The van der Waals surface area contributed by atoms with Crippen LogP contribution < -0.4 is 16.0 Å². The molecule has 0 saturated carbocycles. The van der Waals surface area contributed by atoms with Crippen LogP contribution in [0.4, 0.5) is 11.4 Å². The van der Waals surface area contributed by atoms with Gasteiger partial charge in [0.05, 0.1) is 0 Å². The Kier molecular flexibility index (Phi) is 10.9. The average molecular weight is 678 g/mol. The number of carboxylic acid groups (broad SMARTS) is 1. The van der Waals surface area contributed by atoms with Crippen molar-refractivity contribution in [3.8, 4) is 5.75 Å². The van der Waals surface area contributed by atoms with Crippen molar-refractivity contribution in [2.45, 2.75) is 10.1 Å². The molecule has 5 N–H and O–H groups in total. The third-order valence-electron chi connectivity index (χ3n) is 6.91. The van der Waals surface area contributed by atoms with E-state index in [1.165, 1.54) is 30.0 Å². The van der Waals surface area contributed by atoms with Crippen molar-refractivity contribution in [3.05, 3.63) is 160 Å². The molecule has 0 fully saturated rings. The first-order valence-corrected chi connectivity index (χ1v) is 15.8. The first-order chi connectivity index (χ1) is 23.2. The Morgan fingerprint density at radius 1 is 0.729 bits per heavy atom. The molecule has 0 spiro atoms. The van der Waals surface area contributed by atoms with Crippen molar-refractivity contribution in [2.75, 3.05) is 10.6 Å². The zero-order valence-electron chi connectivity index (χ0n) is 25.1. The van der Waals surface area contributed by atoms with Crippen LogP contribution in [0.2, 0.25) is 5.02 Å². The van der Waals surface area contributed by atoms with E-state index in [2.05, 4.69) is 16.0 Å². The van der Waals surface area contributed by atoms with Crippen LogP contribution in [0.15, 0.2) is 138 Å². The Hall–Kier alpha value is -5.84. The van der Waals surface area contributed by atoms with Crippen LogP contribution in [0.5, 0.6) is 5.75 Å². The molecule has 48 heavy (non-hydrogen) atoms. The van der Waals surface area contributed by atoms with Gasteiger partial charge >= 0.3 is 5.97 Å². The highest BCUT2D eigenvalue weighted by Gasteiger charge is 2.23. The minimum absolute atomic E-state index is 0.0192. The molecule has 9 nitrogen and oxygen atoms in total. The van der Waals surface area contributed by atoms with Gasteiger partial charge in [-0.3, -0.25) is 14.4 Å². The van der Waals surface area contributed by atoms with Crippen molar-refractivity contribution in [2.24, 2.45) is 0 Å². The Morgan fingerprint density at radius 2 is 1.35 bits per heavy atom. The second-order valence-electron chi connectivity index (χ2n) is 10.3. The first kappa shape index (κ1) is 33.5. The van der Waals surface area contributed by atoms with Gasteiger partial charge in [0.2, 0.25) is 5.91 Å². The van der Waals surface area contributed by atoms with Gasteiger partial charge in [-0.15, -0.1) is 11.8 Å². The number of nitrogens with one attached hydrogen (secondary N) is 3. The van der Waals surface area contributed by atoms with E-state index in [1.807, 2.05) is 30.3 Å². The molecule has 5 aromatic rings. The summed E-state index contributed by atoms with van der Waals surface area (Å²) < 4.78 is 0. The lowest BCUT2D eigenvalue weighted by Crippen LogP contribution is -2.30. The lowest BCUT2D eigenvalue weighted by atomic mass is 10.1. The summed E-state index contributed by atoms with van der Waals surface area (Å²) in [6, 6.07) is 35.1. The van der Waals surface area contributed by atoms with Crippen LogP contribution in [0.25, 0.3) is 6.08 Å². The molecule has 1 unspecified atom stereocenters. The molecule has 0 bridgehead atoms. The maximum absolute atomic E-state index is 13.5. The number of carbonyl (C=O) groups is 4. The number of aromatic carboxylic acids is 1. The summed E-state index contributed by atoms with van der Waals surface area (Å²) in [5.41, 5.74) is 2.11. The fourth-order valence-corrected chi connectivity index (χ4v) is 5.66. The number of carboxylic acids is 1. The number of thioether (sulfide) groups is 1. The van der Waals surface area contributed by atoms with E-state index in [9.17, 15) is 29.4 Å². The highest BCUT2D eigenvalue weighted by Crippen LogP contribution is 2.37. The largest absolute Gasteiger partial charge is 0.507 e. The second-order valence-corrected chi connectivity index (χ2v) is 12.0. The predicted molar refractivity (Wildman–Crippen MR) is 187 cm³/mol. The smallest absolute Gasteiger partial charge is 0.339 e. The molecule has 240 valence electrons. The van der Waals surface area contributed by atoms with Crippen LogP contribution in [-0.2, 0) is 9.59 Å². The molecular formula is C37H28ClN3O6S. The van der Waals surface area contributed by atoms with Gasteiger partial charge < -0.3 is 26.2 Å². The third kappa shape index (κ3) is 8.91. The third-order valence-corrected chi connectivity index (χ3v) is 8.43. The van der Waals surface area contributed by atoms with E-state index < -0.39 is 34.7 Å². The maximum Gasteiger partial charge on any atom is 0.339 e. The molecule has 0 saturated heterocycles. The van der Waals surface area contributed by atoms with Crippen LogP contribution in [0.3, 0.4) is 0 Å². The predicted octanol–water partition coefficient (Wildman–Crippen LogP) is 7.63. The molecule has 0 heterocycles. The monoisotopic (exact) mass is 677 g/mol. The Morgan fingerprint density at radius 3 is 2.00 bits per heavy atom. The zero-order valence-corrected chi connectivity index (χ0v) is 26.7. The maximum atomic E-state index is 13.5. The lowest BCUT2D eigenvalue weighted by Gasteiger charge is -2.18. The van der Waals surface area contributed by atoms with Gasteiger partial charge in [0.25, 0.3) is 11.8 Å². The summed E-state index contributed by atoms with van der Waals surface area (Å²) in [5.74, 6) is -3.14. The molecule has 11 heteroatoms. The molecule has 5 rings (SSSR count). The van der Waals surface area contributed by atoms with E-state index in [-0.39, 0.29) is 16.9 Å². The van der Waals surface area contributed by atoms with Crippen molar-refractivity contribution in [1.29, 1.82) is 0 Å². The number of rotatable bonds is 11. The van der Waals surface area contributed by atoms with Gasteiger partial charge in [0.15, 0.2) is 0 Å². The molecule has 0 aromatic heterocycles. The first-order valence-electron chi connectivity index (χ1n) is 14.5. The number of hydrogen-bond donors (Lipinski definition) is 5. The molecule has 5 aromatic carbocycles. The Bertz CT molecular complexity index is 1970. The summed E-state index contributed by atoms with van der Waals surface area (Å²) >= 11 is 7.27. The van der Waals surface area contributed by atoms with Gasteiger partial charge in [0, 0.05) is 26.9 Å². The van der Waals surface area contributed by atoms with Crippen molar-refractivity contribution in [1.82, 2.24) is 5.32 Å². The number of benzene rings is 5. The Labute approximate surface area is 285 Å². The fraction of sp³-hybridized carbons (Fsp3) is 0.0270. The Balaban J connectivity index is 1.33. The van der Waals surface area contributed by atoms with E-state index in [0.29, 0.717) is 32.3 Å². The zero-order chi connectivity index (χ0) is 34.0. The van der Waals surface area contributed by atoms with E-state index >= 15 is 0 Å². The molecule has 1 atom stereocenters. The van der Waals surface area contributed by atoms with Crippen LogP contribution in [-0.4, -0.2) is 33.9 Å². The van der Waals surface area contributed by atoms with Gasteiger partial charge in [0.1, 0.15) is 22.3 Å². The number of amides is 3. The SMILES string of the molecule is O=C(Nc1ccc(SC(C(=O)Nc2ccc(O)c(C(=O)O)c2)c2ccccc2)cc1)/C(=C/c1ccc(Cl)cc1)NC(=O)c1ccccc1. The number of hydrogen-bond acceptors (Lipinski definition) is 6. The summed E-state index contributed by atoms with van der Waals surface area (Å²) in [5, 5.41) is 27.2. The standard InChI is InChI=1S/C37H28ClN3O6S/c38-26-13-11-23(12-14-26)21-31(41-34(43)25-9-5-2-6-10-25)35(44)39-27-15-18-29(19-16-27)48-33(24-7-3-1-4-8-24)36(45)40-28-17-20-32(42)30(22-28)37(46)47/h1-22,33,42H,(H,39,44)(H,40,45)(H,41,43)(H,46,47)/b31-21-. The van der Waals surface area contributed by atoms with Gasteiger partial charge in [-0.25, -0.2) is 4.79 Å². The van der Waals surface area contributed by atoms with E-state index in [4.69, 9.17) is 11.6 Å². The molecule has 0 aliphatic rings. The summed E-state index contributed by atoms with van der Waals surface area (Å²) in [6.07, 6.45) is 1.55. The van der Waals surface area contributed by atoms with Gasteiger partial charge in [-0.1, -0.05) is 72.3 Å². The van der Waals surface area contributed by atoms with Crippen molar-refractivity contribution >= 4 is 64.5 Å². The summed E-state index contributed by atoms with van der Waals surface area (Å²) in [7, 11) is 0.